The highest BCUT2D eigenvalue weighted by Crippen LogP contribution is 2.24. The molecule has 10 heteroatoms. The lowest BCUT2D eigenvalue weighted by Gasteiger charge is -2.38. The topological polar surface area (TPSA) is 115 Å². The van der Waals surface area contributed by atoms with Gasteiger partial charge in [0.25, 0.3) is 0 Å². The van der Waals surface area contributed by atoms with Crippen LogP contribution in [0.1, 0.15) is 19.8 Å². The number of hydrogen-bond acceptors (Lipinski definition) is 7. The van der Waals surface area contributed by atoms with Crippen molar-refractivity contribution in [3.05, 3.63) is 60.8 Å². The van der Waals surface area contributed by atoms with Crippen LogP contribution < -0.4 is 26.2 Å². The smallest absolute Gasteiger partial charge is 0.319 e. The number of rotatable bonds is 7. The van der Waals surface area contributed by atoms with Gasteiger partial charge in [0.1, 0.15) is 0 Å². The number of carbonyl (C=O) groups is 2. The molecule has 1 aromatic heterocycles. The fourth-order valence-electron chi connectivity index (χ4n) is 5.04. The molecule has 5 rings (SSSR count). The van der Waals surface area contributed by atoms with Crippen LogP contribution in [-0.4, -0.2) is 72.6 Å². The Morgan fingerprint density at radius 1 is 0.923 bits per heavy atom. The standard InChI is InChI=1S/C29H36N8O2/c1-2-31-29(39)34-24-5-3-21(4-6-24)26-13-16-32-28(35-26)33-23-7-9-25(10-8-23)36-17-19-37(20-18-36)27(38)22-11-14-30-15-12-22/h3-10,13,16,22,30H,2,11-12,14-15,17-20H2,1H3,(H2,31,34,39)(H,32,33,35). The quantitative estimate of drug-likeness (QED) is 0.370. The Morgan fingerprint density at radius 3 is 2.31 bits per heavy atom. The molecule has 0 spiro atoms. The van der Waals surface area contributed by atoms with Gasteiger partial charge in [-0.05, 0) is 75.3 Å². The molecule has 0 bridgehead atoms. The van der Waals surface area contributed by atoms with Gasteiger partial charge in [0.05, 0.1) is 5.69 Å². The summed E-state index contributed by atoms with van der Waals surface area (Å²) < 4.78 is 0. The van der Waals surface area contributed by atoms with E-state index in [4.69, 9.17) is 0 Å². The van der Waals surface area contributed by atoms with Gasteiger partial charge in [-0.25, -0.2) is 14.8 Å². The first-order valence-electron chi connectivity index (χ1n) is 13.7. The van der Waals surface area contributed by atoms with Crippen molar-refractivity contribution in [3.8, 4) is 11.3 Å². The van der Waals surface area contributed by atoms with Crippen LogP contribution in [0.25, 0.3) is 11.3 Å². The molecule has 3 heterocycles. The molecule has 2 fully saturated rings. The Kier molecular flexibility index (Phi) is 8.52. The summed E-state index contributed by atoms with van der Waals surface area (Å²) >= 11 is 0. The van der Waals surface area contributed by atoms with Gasteiger partial charge in [-0.3, -0.25) is 4.79 Å². The Morgan fingerprint density at radius 2 is 1.62 bits per heavy atom. The second kappa shape index (κ2) is 12.6. The highest BCUT2D eigenvalue weighted by molar-refractivity contribution is 5.89. The lowest BCUT2D eigenvalue weighted by atomic mass is 9.96. The van der Waals surface area contributed by atoms with Gasteiger partial charge >= 0.3 is 6.03 Å². The molecule has 3 amide bonds. The van der Waals surface area contributed by atoms with Crippen LogP contribution in [0.5, 0.6) is 0 Å². The van der Waals surface area contributed by atoms with Gasteiger partial charge in [-0.1, -0.05) is 12.1 Å². The predicted octanol–water partition coefficient (Wildman–Crippen LogP) is 3.68. The number of piperazine rings is 1. The van der Waals surface area contributed by atoms with Crippen LogP contribution in [0.15, 0.2) is 60.8 Å². The summed E-state index contributed by atoms with van der Waals surface area (Å²) in [6.07, 6.45) is 3.62. The molecule has 2 aliphatic rings. The first-order chi connectivity index (χ1) is 19.1. The lowest BCUT2D eigenvalue weighted by molar-refractivity contribution is -0.136. The number of carbonyl (C=O) groups excluding carboxylic acids is 2. The van der Waals surface area contributed by atoms with Crippen LogP contribution in [0.2, 0.25) is 0 Å². The summed E-state index contributed by atoms with van der Waals surface area (Å²) in [5.41, 5.74) is 4.47. The van der Waals surface area contributed by atoms with Crippen LogP contribution in [-0.2, 0) is 4.79 Å². The number of nitrogens with one attached hydrogen (secondary N) is 4. The highest BCUT2D eigenvalue weighted by Gasteiger charge is 2.28. The lowest BCUT2D eigenvalue weighted by Crippen LogP contribution is -2.51. The number of piperidine rings is 1. The number of nitrogens with zero attached hydrogens (tertiary/aromatic N) is 4. The van der Waals surface area contributed by atoms with E-state index in [1.54, 1.807) is 6.20 Å². The zero-order valence-electron chi connectivity index (χ0n) is 22.3. The minimum Gasteiger partial charge on any atom is -0.368 e. The molecule has 0 radical (unpaired) electrons. The van der Waals surface area contributed by atoms with Gasteiger partial charge in [0.2, 0.25) is 11.9 Å². The summed E-state index contributed by atoms with van der Waals surface area (Å²) in [5.74, 6) is 1.01. The van der Waals surface area contributed by atoms with Crippen LogP contribution >= 0.6 is 0 Å². The van der Waals surface area contributed by atoms with E-state index in [1.807, 2.05) is 54.3 Å². The van der Waals surface area contributed by atoms with Crippen molar-refractivity contribution in [2.24, 2.45) is 5.92 Å². The van der Waals surface area contributed by atoms with Crippen molar-refractivity contribution in [3.63, 3.8) is 0 Å². The maximum Gasteiger partial charge on any atom is 0.319 e. The van der Waals surface area contributed by atoms with Crippen LogP contribution in [0.3, 0.4) is 0 Å². The highest BCUT2D eigenvalue weighted by atomic mass is 16.2. The molecular formula is C29H36N8O2. The molecule has 2 saturated heterocycles. The van der Waals surface area contributed by atoms with E-state index >= 15 is 0 Å². The van der Waals surface area contributed by atoms with Crippen LogP contribution in [0.4, 0.5) is 27.8 Å². The third kappa shape index (κ3) is 6.83. The Balaban J connectivity index is 1.15. The molecular weight excluding hydrogens is 492 g/mol. The van der Waals surface area contributed by atoms with Crippen molar-refractivity contribution in [1.29, 1.82) is 0 Å². The van der Waals surface area contributed by atoms with E-state index in [0.29, 0.717) is 24.1 Å². The minimum atomic E-state index is -0.227. The van der Waals surface area contributed by atoms with Crippen molar-refractivity contribution in [2.75, 3.05) is 61.3 Å². The molecule has 2 aromatic carbocycles. The third-order valence-electron chi connectivity index (χ3n) is 7.20. The molecule has 204 valence electrons. The fourth-order valence-corrected chi connectivity index (χ4v) is 5.04. The van der Waals surface area contributed by atoms with E-state index in [2.05, 4.69) is 48.3 Å². The molecule has 10 nitrogen and oxygen atoms in total. The Labute approximate surface area is 229 Å². The van der Waals surface area contributed by atoms with E-state index < -0.39 is 0 Å². The predicted molar refractivity (Wildman–Crippen MR) is 154 cm³/mol. The Hall–Kier alpha value is -4.18. The van der Waals surface area contributed by atoms with Gasteiger partial charge in [-0.15, -0.1) is 0 Å². The molecule has 0 aliphatic carbocycles. The molecule has 2 aliphatic heterocycles. The minimum absolute atomic E-state index is 0.180. The maximum atomic E-state index is 12.8. The van der Waals surface area contributed by atoms with Gasteiger partial charge in [0.15, 0.2) is 0 Å². The van der Waals surface area contributed by atoms with E-state index in [0.717, 1.165) is 74.7 Å². The normalized spacial score (nSPS) is 16.0. The number of benzene rings is 2. The van der Waals surface area contributed by atoms with Crippen LogP contribution in [0, 0.1) is 5.92 Å². The second-order valence-electron chi connectivity index (χ2n) is 9.84. The van der Waals surface area contributed by atoms with Crippen molar-refractivity contribution < 1.29 is 9.59 Å². The van der Waals surface area contributed by atoms with E-state index in [1.165, 1.54) is 0 Å². The molecule has 39 heavy (non-hydrogen) atoms. The molecule has 0 saturated carbocycles. The SMILES string of the molecule is CCNC(=O)Nc1ccc(-c2ccnc(Nc3ccc(N4CCN(C(=O)C5CCNCC5)CC4)cc3)n2)cc1. The first-order valence-corrected chi connectivity index (χ1v) is 13.7. The summed E-state index contributed by atoms with van der Waals surface area (Å²) in [7, 11) is 0. The summed E-state index contributed by atoms with van der Waals surface area (Å²) in [6.45, 7) is 7.55. The largest absolute Gasteiger partial charge is 0.368 e. The maximum absolute atomic E-state index is 12.8. The van der Waals surface area contributed by atoms with Crippen molar-refractivity contribution in [1.82, 2.24) is 25.5 Å². The van der Waals surface area contributed by atoms with Gasteiger partial charge < -0.3 is 31.1 Å². The number of amides is 3. The van der Waals surface area contributed by atoms with Gasteiger partial charge in [0, 0.05) is 67.5 Å². The van der Waals surface area contributed by atoms with E-state index in [9.17, 15) is 9.59 Å². The van der Waals surface area contributed by atoms with Crippen molar-refractivity contribution in [2.45, 2.75) is 19.8 Å². The molecule has 0 atom stereocenters. The fraction of sp³-hybridized carbons (Fsp3) is 0.379. The average Bonchev–Trinajstić information content (AvgIpc) is 2.98. The molecule has 3 aromatic rings. The summed E-state index contributed by atoms with van der Waals surface area (Å²) in [5, 5.41) is 12.1. The monoisotopic (exact) mass is 528 g/mol. The van der Waals surface area contributed by atoms with Crippen molar-refractivity contribution >= 4 is 34.9 Å². The number of urea groups is 1. The zero-order chi connectivity index (χ0) is 27.0. The zero-order valence-corrected chi connectivity index (χ0v) is 22.3. The number of aromatic nitrogens is 2. The van der Waals surface area contributed by atoms with E-state index in [-0.39, 0.29) is 11.9 Å². The molecule has 4 N–H and O–H groups in total. The second-order valence-corrected chi connectivity index (χ2v) is 9.84. The first kappa shape index (κ1) is 26.4. The third-order valence-corrected chi connectivity index (χ3v) is 7.20. The summed E-state index contributed by atoms with van der Waals surface area (Å²) in [6, 6.07) is 17.4. The number of hydrogen-bond donors (Lipinski definition) is 4. The Bertz CT molecular complexity index is 1250. The average molecular weight is 529 g/mol. The molecule has 0 unspecified atom stereocenters. The van der Waals surface area contributed by atoms with Gasteiger partial charge in [-0.2, -0.15) is 0 Å². The summed E-state index contributed by atoms with van der Waals surface area (Å²) in [4.78, 5) is 38.0. The number of anilines is 4.